The van der Waals surface area contributed by atoms with Crippen LogP contribution < -0.4 is 0 Å². The first-order valence-electron chi connectivity index (χ1n) is 13.2. The predicted molar refractivity (Wildman–Crippen MR) is 166 cm³/mol. The Hall–Kier alpha value is -1.16. The van der Waals surface area contributed by atoms with Crippen molar-refractivity contribution in [2.45, 2.75) is 47.7 Å². The molecule has 4 aliphatic rings. The van der Waals surface area contributed by atoms with E-state index in [0.717, 1.165) is 0 Å². The van der Waals surface area contributed by atoms with Crippen LogP contribution in [0.2, 0.25) is 13.1 Å². The summed E-state index contributed by atoms with van der Waals surface area (Å²) in [5, 5.41) is 3.05. The summed E-state index contributed by atoms with van der Waals surface area (Å²) in [6, 6.07) is 21.9. The molecule has 2 aromatic carbocycles. The maximum atomic E-state index is 2.60. The topological polar surface area (TPSA) is 0 Å². The van der Waals surface area contributed by atoms with E-state index in [9.17, 15) is 0 Å². The highest BCUT2D eigenvalue weighted by Gasteiger charge is 2.64. The van der Waals surface area contributed by atoms with Crippen molar-refractivity contribution in [3.05, 3.63) is 140 Å². The van der Waals surface area contributed by atoms with Crippen molar-refractivity contribution < 1.29 is 0 Å². The molecule has 2 aliphatic carbocycles. The van der Waals surface area contributed by atoms with Gasteiger partial charge in [0.1, 0.15) is 0 Å². The van der Waals surface area contributed by atoms with E-state index in [4.69, 9.17) is 0 Å². The average molecular weight is 535 g/mol. The van der Waals surface area contributed by atoms with Gasteiger partial charge in [-0.05, 0) is 87.6 Å². The smallest absolute Gasteiger partial charge is 0.0657 e. The first-order valence-corrected chi connectivity index (χ1v) is 17.9. The summed E-state index contributed by atoms with van der Waals surface area (Å²) in [7, 11) is -2.03. The average Bonchev–Trinajstić information content (AvgIpc) is 3.56. The third kappa shape index (κ3) is 4.18. The second-order valence-corrected chi connectivity index (χ2v) is 17.9. The van der Waals surface area contributed by atoms with Crippen molar-refractivity contribution in [1.29, 1.82) is 0 Å². The Morgan fingerprint density at radius 3 is 1.57 bits per heavy atom. The highest BCUT2D eigenvalue weighted by molar-refractivity contribution is 8.07. The van der Waals surface area contributed by atoms with E-state index >= 15 is 0 Å². The zero-order valence-electron chi connectivity index (χ0n) is 22.8. The molecule has 0 N–H and O–H groups in total. The van der Waals surface area contributed by atoms with Crippen LogP contribution in [0.25, 0.3) is 11.1 Å². The van der Waals surface area contributed by atoms with Crippen LogP contribution in [-0.2, 0) is 0 Å². The number of benzene rings is 2. The Kier molecular flexibility index (Phi) is 6.90. The molecule has 0 amide bonds. The van der Waals surface area contributed by atoms with Crippen LogP contribution in [-0.4, -0.2) is 8.07 Å². The molecule has 2 aliphatic heterocycles. The SMILES string of the molecule is C[C]1[CH][C]2[C](SC(C)=C2c2ccccc2)[C]1[Si](C)(C)[C]1[C]2SC(C)=C(c3ccccc3)[C]2[CH][C]1C(C)C. The summed E-state index contributed by atoms with van der Waals surface area (Å²) in [5.74, 6) is 6.43. The van der Waals surface area contributed by atoms with Gasteiger partial charge < -0.3 is 0 Å². The van der Waals surface area contributed by atoms with Crippen LogP contribution in [0, 0.1) is 64.0 Å². The molecule has 0 unspecified atom stereocenters. The summed E-state index contributed by atoms with van der Waals surface area (Å²) in [4.78, 5) is 2.86. The number of rotatable bonds is 5. The van der Waals surface area contributed by atoms with E-state index in [-0.39, 0.29) is 0 Å². The van der Waals surface area contributed by atoms with Gasteiger partial charge in [-0.15, -0.1) is 23.5 Å². The van der Waals surface area contributed by atoms with Crippen LogP contribution in [0.15, 0.2) is 70.5 Å². The van der Waals surface area contributed by atoms with Gasteiger partial charge in [0, 0.05) is 11.8 Å². The second kappa shape index (κ2) is 9.79. The van der Waals surface area contributed by atoms with E-state index in [1.165, 1.54) is 60.3 Å². The molecule has 2 aromatic rings. The van der Waals surface area contributed by atoms with E-state index in [0.29, 0.717) is 5.92 Å². The second-order valence-electron chi connectivity index (χ2n) is 11.2. The quantitative estimate of drug-likeness (QED) is 0.350. The lowest BCUT2D eigenvalue weighted by atomic mass is 9.88. The molecule has 0 spiro atoms. The van der Waals surface area contributed by atoms with Gasteiger partial charge in [0.25, 0.3) is 0 Å². The molecule has 2 fully saturated rings. The molecule has 0 aromatic heterocycles. The fraction of sp³-hybridized carbons (Fsp3) is 0.235. The van der Waals surface area contributed by atoms with Crippen molar-refractivity contribution in [2.24, 2.45) is 5.92 Å². The molecule has 0 nitrogen and oxygen atoms in total. The van der Waals surface area contributed by atoms with Gasteiger partial charge in [0.15, 0.2) is 0 Å². The van der Waals surface area contributed by atoms with Gasteiger partial charge in [-0.3, -0.25) is 0 Å². The van der Waals surface area contributed by atoms with Crippen molar-refractivity contribution in [3.8, 4) is 0 Å². The fourth-order valence-electron chi connectivity index (χ4n) is 6.53. The van der Waals surface area contributed by atoms with Crippen LogP contribution in [0.5, 0.6) is 0 Å². The molecule has 37 heavy (non-hydrogen) atoms. The largest absolute Gasteiger partial charge is 0.121 e. The summed E-state index contributed by atoms with van der Waals surface area (Å²) < 4.78 is 0. The molecule has 3 heteroatoms. The summed E-state index contributed by atoms with van der Waals surface area (Å²) in [5.41, 5.74) is 8.83. The van der Waals surface area contributed by atoms with Gasteiger partial charge >= 0.3 is 0 Å². The standard InChI is InChI=1S/C34H34S2Si/c1-20(2)26-19-28-30(25-16-12-9-13-17-25)23(5)36-32(28)34(26)37(6,7)33-21(3)18-27-29(22(4)35-31(27)33)24-14-10-8-11-15-24/h8-20H,1-7H3. The summed E-state index contributed by atoms with van der Waals surface area (Å²) in [6.45, 7) is 16.9. The maximum Gasteiger partial charge on any atom is 0.0657 e. The van der Waals surface area contributed by atoms with Crippen LogP contribution in [0.4, 0.5) is 0 Å². The van der Waals surface area contributed by atoms with E-state index in [2.05, 4.69) is 121 Å². The van der Waals surface area contributed by atoms with Gasteiger partial charge in [-0.2, -0.15) is 0 Å². The van der Waals surface area contributed by atoms with Crippen LogP contribution in [0.3, 0.4) is 0 Å². The lowest BCUT2D eigenvalue weighted by molar-refractivity contribution is 0.697. The monoisotopic (exact) mass is 534 g/mol. The molecule has 10 radical (unpaired) electrons. The number of allylic oxidation sites excluding steroid dienone is 4. The molecule has 2 heterocycles. The molecule has 2 saturated carbocycles. The van der Waals surface area contributed by atoms with Gasteiger partial charge in [-0.1, -0.05) is 94.5 Å². The van der Waals surface area contributed by atoms with Gasteiger partial charge in [0.2, 0.25) is 0 Å². The Morgan fingerprint density at radius 1 is 0.622 bits per heavy atom. The zero-order valence-corrected chi connectivity index (χ0v) is 25.5. The summed E-state index contributed by atoms with van der Waals surface area (Å²) in [6.07, 6.45) is 5.02. The molecular formula is C34H34S2Si. The number of hydrogen-bond donors (Lipinski definition) is 0. The number of fused-ring (bicyclic) bond motifs is 2. The Bertz CT molecular complexity index is 1210. The lowest BCUT2D eigenvalue weighted by Crippen LogP contribution is -2.48. The Balaban J connectivity index is 1.34. The number of hydrogen-bond acceptors (Lipinski definition) is 2. The van der Waals surface area contributed by atoms with Crippen molar-refractivity contribution in [3.63, 3.8) is 0 Å². The van der Waals surface area contributed by atoms with Crippen molar-refractivity contribution >= 4 is 42.7 Å². The Labute approximate surface area is 235 Å². The molecule has 0 bridgehead atoms. The first kappa shape index (κ1) is 26.1. The van der Waals surface area contributed by atoms with Crippen molar-refractivity contribution in [1.82, 2.24) is 0 Å². The predicted octanol–water partition coefficient (Wildman–Crippen LogP) is 9.75. The van der Waals surface area contributed by atoms with Crippen molar-refractivity contribution in [2.75, 3.05) is 0 Å². The molecule has 0 atom stereocenters. The first-order chi connectivity index (χ1) is 17.7. The third-order valence-electron chi connectivity index (χ3n) is 8.04. The van der Waals surface area contributed by atoms with E-state index in [1.807, 2.05) is 23.5 Å². The minimum absolute atomic E-state index is 0.501. The molecule has 6 rings (SSSR count). The highest BCUT2D eigenvalue weighted by Crippen LogP contribution is 2.73. The van der Waals surface area contributed by atoms with E-state index in [1.54, 1.807) is 17.0 Å². The summed E-state index contributed by atoms with van der Waals surface area (Å²) >= 11 is 4.03. The maximum absolute atomic E-state index is 2.60. The minimum Gasteiger partial charge on any atom is -0.121 e. The number of thioether (sulfide) groups is 2. The van der Waals surface area contributed by atoms with Crippen LogP contribution >= 0.6 is 23.5 Å². The zero-order chi connectivity index (χ0) is 26.1. The Morgan fingerprint density at radius 2 is 1.08 bits per heavy atom. The molecule has 0 saturated heterocycles. The van der Waals surface area contributed by atoms with Gasteiger partial charge in [-0.25, -0.2) is 0 Å². The van der Waals surface area contributed by atoms with Gasteiger partial charge in [0.05, 0.1) is 18.6 Å². The van der Waals surface area contributed by atoms with Crippen LogP contribution in [0.1, 0.15) is 45.7 Å². The normalized spacial score (nSPS) is 23.9. The minimum atomic E-state index is -2.03. The molecular weight excluding hydrogens is 501 g/mol. The fourth-order valence-corrected chi connectivity index (χ4v) is 14.5. The third-order valence-corrected chi connectivity index (χ3v) is 14.4. The molecule has 186 valence electrons. The lowest BCUT2D eigenvalue weighted by Gasteiger charge is -2.44. The van der Waals surface area contributed by atoms with E-state index < -0.39 is 8.07 Å². The highest BCUT2D eigenvalue weighted by atomic mass is 32.2.